The average Bonchev–Trinajstić information content (AvgIpc) is 3.20. The highest BCUT2D eigenvalue weighted by molar-refractivity contribution is 7.99. The van der Waals surface area contributed by atoms with Crippen molar-refractivity contribution in [1.29, 1.82) is 0 Å². The van der Waals surface area contributed by atoms with Crippen molar-refractivity contribution in [2.75, 3.05) is 24.2 Å². The molecule has 6 nitrogen and oxygen atoms in total. The summed E-state index contributed by atoms with van der Waals surface area (Å²) in [4.78, 5) is 14.8. The zero-order chi connectivity index (χ0) is 21.6. The first-order valence-corrected chi connectivity index (χ1v) is 12.4. The molecule has 1 atom stereocenters. The van der Waals surface area contributed by atoms with Crippen LogP contribution in [0.15, 0.2) is 29.4 Å². The zero-order valence-corrected chi connectivity index (χ0v) is 19.0. The Morgan fingerprint density at radius 1 is 1.13 bits per heavy atom. The lowest BCUT2D eigenvalue weighted by molar-refractivity contribution is -0.130. The van der Waals surface area contributed by atoms with Crippen LogP contribution in [0.25, 0.3) is 0 Å². The Morgan fingerprint density at radius 2 is 1.90 bits per heavy atom. The molecule has 1 saturated heterocycles. The maximum absolute atomic E-state index is 13.2. The van der Waals surface area contributed by atoms with Gasteiger partial charge in [0, 0.05) is 24.8 Å². The topological polar surface area (TPSA) is 63.1 Å². The van der Waals surface area contributed by atoms with Crippen LogP contribution in [0.4, 0.5) is 10.1 Å². The highest BCUT2D eigenvalue weighted by atomic mass is 32.2. The lowest BCUT2D eigenvalue weighted by atomic mass is 9.95. The number of amides is 1. The van der Waals surface area contributed by atoms with Gasteiger partial charge in [-0.1, -0.05) is 37.9 Å². The molecular formula is C23H32FN5OS. The molecule has 1 aromatic carbocycles. The minimum absolute atomic E-state index is 0.195. The van der Waals surface area contributed by atoms with E-state index in [9.17, 15) is 9.18 Å². The molecule has 1 N–H and O–H groups in total. The third-order valence-corrected chi connectivity index (χ3v) is 7.23. The Bertz CT molecular complexity index is 865. The summed E-state index contributed by atoms with van der Waals surface area (Å²) in [7, 11) is 0. The number of anilines is 1. The molecule has 4 rings (SSSR count). The van der Waals surface area contributed by atoms with Gasteiger partial charge in [-0.25, -0.2) is 4.39 Å². The summed E-state index contributed by atoms with van der Waals surface area (Å²) in [5.74, 6) is 1.81. The van der Waals surface area contributed by atoms with Crippen LogP contribution in [-0.2, 0) is 11.3 Å². The molecule has 1 saturated carbocycles. The van der Waals surface area contributed by atoms with E-state index in [1.165, 1.54) is 49.6 Å². The van der Waals surface area contributed by atoms with E-state index in [1.54, 1.807) is 12.1 Å². The summed E-state index contributed by atoms with van der Waals surface area (Å²) in [5.41, 5.74) is 0.850. The summed E-state index contributed by atoms with van der Waals surface area (Å²) in [5, 5.41) is 13.1. The lowest BCUT2D eigenvalue weighted by Crippen LogP contribution is -2.40. The second kappa shape index (κ2) is 10.5. The van der Waals surface area contributed by atoms with Crippen molar-refractivity contribution < 1.29 is 9.18 Å². The van der Waals surface area contributed by atoms with Gasteiger partial charge in [0.2, 0.25) is 5.91 Å². The highest BCUT2D eigenvalue weighted by Gasteiger charge is 2.25. The minimum atomic E-state index is -0.248. The molecule has 2 aromatic rings. The molecule has 1 aliphatic heterocycles. The summed E-state index contributed by atoms with van der Waals surface area (Å²) in [6, 6.07) is 6.72. The summed E-state index contributed by atoms with van der Waals surface area (Å²) in [6.07, 6.45) is 8.23. The van der Waals surface area contributed by atoms with Crippen LogP contribution in [0.3, 0.4) is 0 Å². The van der Waals surface area contributed by atoms with E-state index < -0.39 is 0 Å². The van der Waals surface area contributed by atoms with Crippen LogP contribution >= 0.6 is 11.8 Å². The standard InChI is InChI=1S/C23H32FN5OS/c1-17-6-5-13-28(15-17)22(30)16-31-23-27-26-21(29(23)20-7-3-2-4-8-20)14-25-19-11-9-18(24)10-12-19/h9-12,17,20,25H,2-8,13-16H2,1H3. The van der Waals surface area contributed by atoms with Crippen LogP contribution in [-0.4, -0.2) is 44.4 Å². The molecule has 0 radical (unpaired) electrons. The molecule has 8 heteroatoms. The van der Waals surface area contributed by atoms with Gasteiger partial charge < -0.3 is 14.8 Å². The number of nitrogens with one attached hydrogen (secondary N) is 1. The first-order valence-electron chi connectivity index (χ1n) is 11.4. The van der Waals surface area contributed by atoms with Crippen LogP contribution < -0.4 is 5.32 Å². The van der Waals surface area contributed by atoms with Crippen LogP contribution in [0.2, 0.25) is 0 Å². The van der Waals surface area contributed by atoms with Crippen molar-refractivity contribution in [3.05, 3.63) is 35.9 Å². The summed E-state index contributed by atoms with van der Waals surface area (Å²) in [6.45, 7) is 4.47. The number of hydrogen-bond donors (Lipinski definition) is 1. The van der Waals surface area contributed by atoms with Crippen LogP contribution in [0, 0.1) is 11.7 Å². The molecule has 2 heterocycles. The molecular weight excluding hydrogens is 413 g/mol. The number of thioether (sulfide) groups is 1. The van der Waals surface area contributed by atoms with Gasteiger partial charge in [0.25, 0.3) is 0 Å². The third kappa shape index (κ3) is 5.79. The van der Waals surface area contributed by atoms with Gasteiger partial charge in [-0.05, 0) is 55.9 Å². The number of carbonyl (C=O) groups is 1. The number of rotatable bonds is 7. The zero-order valence-electron chi connectivity index (χ0n) is 18.2. The molecule has 1 aliphatic carbocycles. The fourth-order valence-electron chi connectivity index (χ4n) is 4.61. The normalized spacial score (nSPS) is 20.1. The number of aromatic nitrogens is 3. The van der Waals surface area contributed by atoms with E-state index in [1.807, 2.05) is 4.90 Å². The predicted octanol–water partition coefficient (Wildman–Crippen LogP) is 4.89. The minimum Gasteiger partial charge on any atom is -0.378 e. The van der Waals surface area contributed by atoms with Gasteiger partial charge in [-0.2, -0.15) is 0 Å². The molecule has 2 fully saturated rings. The monoisotopic (exact) mass is 445 g/mol. The largest absolute Gasteiger partial charge is 0.378 e. The quantitative estimate of drug-likeness (QED) is 0.615. The summed E-state index contributed by atoms with van der Waals surface area (Å²) >= 11 is 1.51. The molecule has 2 aliphatic rings. The van der Waals surface area contributed by atoms with Crippen molar-refractivity contribution in [1.82, 2.24) is 19.7 Å². The smallest absolute Gasteiger partial charge is 0.233 e. The number of carbonyl (C=O) groups excluding carboxylic acids is 1. The van der Waals surface area contributed by atoms with Crippen LogP contribution in [0.5, 0.6) is 0 Å². The number of likely N-dealkylation sites (tertiary alicyclic amines) is 1. The number of hydrogen-bond acceptors (Lipinski definition) is 5. The summed E-state index contributed by atoms with van der Waals surface area (Å²) < 4.78 is 15.4. The Balaban J connectivity index is 1.44. The van der Waals surface area contributed by atoms with Crippen molar-refractivity contribution in [3.8, 4) is 0 Å². The molecule has 1 aromatic heterocycles. The van der Waals surface area contributed by atoms with Crippen molar-refractivity contribution in [2.45, 2.75) is 69.6 Å². The number of halogens is 1. The van der Waals surface area contributed by atoms with E-state index >= 15 is 0 Å². The van der Waals surface area contributed by atoms with Crippen molar-refractivity contribution in [2.24, 2.45) is 5.92 Å². The van der Waals surface area contributed by atoms with Gasteiger partial charge in [-0.3, -0.25) is 4.79 Å². The maximum Gasteiger partial charge on any atom is 0.233 e. The second-order valence-corrected chi connectivity index (χ2v) is 9.74. The van der Waals surface area contributed by atoms with Gasteiger partial charge in [0.1, 0.15) is 5.82 Å². The fraction of sp³-hybridized carbons (Fsp3) is 0.609. The maximum atomic E-state index is 13.2. The number of benzene rings is 1. The molecule has 1 amide bonds. The Hall–Kier alpha value is -2.09. The first kappa shape index (κ1) is 22.1. The van der Waals surface area contributed by atoms with E-state index in [-0.39, 0.29) is 11.7 Å². The lowest BCUT2D eigenvalue weighted by Gasteiger charge is -2.31. The van der Waals surface area contributed by atoms with E-state index in [0.717, 1.165) is 49.0 Å². The van der Waals surface area contributed by atoms with Crippen molar-refractivity contribution >= 4 is 23.4 Å². The Kier molecular flexibility index (Phi) is 7.48. The van der Waals surface area contributed by atoms with Crippen LogP contribution in [0.1, 0.15) is 63.7 Å². The van der Waals surface area contributed by atoms with Gasteiger partial charge in [0.15, 0.2) is 11.0 Å². The number of nitrogens with zero attached hydrogens (tertiary/aromatic N) is 4. The van der Waals surface area contributed by atoms with Gasteiger partial charge in [-0.15, -0.1) is 10.2 Å². The molecule has 1 unspecified atom stereocenters. The Labute approximate surface area is 188 Å². The average molecular weight is 446 g/mol. The van der Waals surface area contributed by atoms with Gasteiger partial charge >= 0.3 is 0 Å². The SMILES string of the molecule is CC1CCCN(C(=O)CSc2nnc(CNc3ccc(F)cc3)n2C2CCCCC2)C1. The van der Waals surface area contributed by atoms with Crippen molar-refractivity contribution in [3.63, 3.8) is 0 Å². The molecule has 168 valence electrons. The molecule has 0 bridgehead atoms. The molecule has 0 spiro atoms. The predicted molar refractivity (Wildman–Crippen MR) is 122 cm³/mol. The Morgan fingerprint density at radius 3 is 2.65 bits per heavy atom. The molecule has 31 heavy (non-hydrogen) atoms. The fourth-order valence-corrected chi connectivity index (χ4v) is 5.54. The van der Waals surface area contributed by atoms with E-state index in [0.29, 0.717) is 24.3 Å². The second-order valence-electron chi connectivity index (χ2n) is 8.80. The highest BCUT2D eigenvalue weighted by Crippen LogP contribution is 2.33. The van der Waals surface area contributed by atoms with E-state index in [4.69, 9.17) is 0 Å². The van der Waals surface area contributed by atoms with Gasteiger partial charge in [0.05, 0.1) is 12.3 Å². The van der Waals surface area contributed by atoms with E-state index in [2.05, 4.69) is 27.0 Å². The number of piperidine rings is 1. The third-order valence-electron chi connectivity index (χ3n) is 6.30. The first-order chi connectivity index (χ1) is 15.1.